The van der Waals surface area contributed by atoms with E-state index in [9.17, 15) is 14.0 Å². The highest BCUT2D eigenvalue weighted by Crippen LogP contribution is 2.39. The molecule has 0 amide bonds. The van der Waals surface area contributed by atoms with E-state index in [0.717, 1.165) is 19.3 Å². The van der Waals surface area contributed by atoms with Crippen molar-refractivity contribution in [2.24, 2.45) is 11.3 Å². The number of hydrogen-bond acceptors (Lipinski definition) is 4. The van der Waals surface area contributed by atoms with E-state index in [1.807, 2.05) is 18.7 Å². The van der Waals surface area contributed by atoms with Gasteiger partial charge in [-0.1, -0.05) is 6.42 Å². The maximum absolute atomic E-state index is 13.4. The van der Waals surface area contributed by atoms with Crippen LogP contribution in [-0.2, 0) is 4.74 Å². The van der Waals surface area contributed by atoms with Crippen LogP contribution < -0.4 is 5.32 Å². The Kier molecular flexibility index (Phi) is 6.75. The molecule has 0 bridgehead atoms. The third kappa shape index (κ3) is 4.85. The molecule has 1 aliphatic carbocycles. The van der Waals surface area contributed by atoms with Crippen LogP contribution in [0.2, 0.25) is 0 Å². The normalized spacial score (nSPS) is 28.0. The van der Waals surface area contributed by atoms with Crippen molar-refractivity contribution in [1.29, 1.82) is 5.26 Å². The van der Waals surface area contributed by atoms with Crippen LogP contribution in [0, 0.1) is 22.7 Å². The topological polar surface area (TPSA) is 48.3 Å². The van der Waals surface area contributed by atoms with E-state index >= 15 is 0 Å². The highest BCUT2D eigenvalue weighted by molar-refractivity contribution is 5.03. The van der Waals surface area contributed by atoms with Gasteiger partial charge in [-0.3, -0.25) is 4.90 Å². The number of alkyl halides is 2. The molecule has 1 aliphatic heterocycles. The smallest absolute Gasteiger partial charge is 0.253 e. The molecular weight excluding hydrogens is 300 g/mol. The van der Waals surface area contributed by atoms with Gasteiger partial charge in [0.15, 0.2) is 0 Å². The maximum Gasteiger partial charge on any atom is 0.253 e. The quantitative estimate of drug-likeness (QED) is 0.780. The van der Waals surface area contributed by atoms with Crippen LogP contribution in [0.1, 0.15) is 39.5 Å². The number of morpholine rings is 1. The zero-order valence-electron chi connectivity index (χ0n) is 14.2. The highest BCUT2D eigenvalue weighted by atomic mass is 19.3. The van der Waals surface area contributed by atoms with Gasteiger partial charge in [-0.2, -0.15) is 5.26 Å². The number of nitrogens with one attached hydrogen (secondary N) is 1. The maximum atomic E-state index is 13.4. The summed E-state index contributed by atoms with van der Waals surface area (Å²) in [5, 5.41) is 12.8. The van der Waals surface area contributed by atoms with Gasteiger partial charge >= 0.3 is 0 Å². The van der Waals surface area contributed by atoms with Gasteiger partial charge in [0.1, 0.15) is 0 Å². The predicted octanol–water partition coefficient (Wildman–Crippen LogP) is 2.65. The lowest BCUT2D eigenvalue weighted by molar-refractivity contribution is -0.0360. The molecule has 0 aromatic carbocycles. The summed E-state index contributed by atoms with van der Waals surface area (Å²) in [6.07, 6.45) is 1.29. The summed E-state index contributed by atoms with van der Waals surface area (Å²) in [7, 11) is 0. The van der Waals surface area contributed by atoms with Crippen molar-refractivity contribution >= 4 is 0 Å². The van der Waals surface area contributed by atoms with Gasteiger partial charge in [0.25, 0.3) is 6.43 Å². The van der Waals surface area contributed by atoms with Crippen LogP contribution in [0.3, 0.4) is 0 Å². The monoisotopic (exact) mass is 329 g/mol. The third-order valence-corrected chi connectivity index (χ3v) is 5.38. The van der Waals surface area contributed by atoms with Gasteiger partial charge in [0.2, 0.25) is 0 Å². The van der Waals surface area contributed by atoms with Crippen molar-refractivity contribution in [3.63, 3.8) is 0 Å². The molecule has 23 heavy (non-hydrogen) atoms. The zero-order chi connectivity index (χ0) is 16.9. The molecule has 0 aromatic heterocycles. The van der Waals surface area contributed by atoms with Crippen LogP contribution in [0.25, 0.3) is 0 Å². The summed E-state index contributed by atoms with van der Waals surface area (Å²) in [5.41, 5.74) is -0.361. The van der Waals surface area contributed by atoms with Crippen LogP contribution in [0.4, 0.5) is 8.78 Å². The molecular formula is C17H29F2N3O. The van der Waals surface area contributed by atoms with E-state index in [0.29, 0.717) is 45.2 Å². The van der Waals surface area contributed by atoms with E-state index in [2.05, 4.69) is 11.4 Å². The van der Waals surface area contributed by atoms with Crippen molar-refractivity contribution in [2.45, 2.75) is 58.0 Å². The fourth-order valence-corrected chi connectivity index (χ4v) is 3.94. The fourth-order valence-electron chi connectivity index (χ4n) is 3.94. The molecule has 4 nitrogen and oxygen atoms in total. The molecule has 3 unspecified atom stereocenters. The van der Waals surface area contributed by atoms with E-state index in [1.54, 1.807) is 0 Å². The van der Waals surface area contributed by atoms with Crippen molar-refractivity contribution < 1.29 is 13.5 Å². The SMILES string of the molecule is CC(C)(C#N)C1CCCC1NCCC(C(F)F)N1CCOCC1. The van der Waals surface area contributed by atoms with Crippen molar-refractivity contribution in [2.75, 3.05) is 32.8 Å². The summed E-state index contributed by atoms with van der Waals surface area (Å²) in [6.45, 7) is 6.79. The molecule has 1 saturated carbocycles. The largest absolute Gasteiger partial charge is 0.379 e. The second kappa shape index (κ2) is 8.36. The predicted molar refractivity (Wildman–Crippen MR) is 85.3 cm³/mol. The summed E-state index contributed by atoms with van der Waals surface area (Å²) in [5.74, 6) is 0.306. The Bertz CT molecular complexity index is 405. The molecule has 1 saturated heterocycles. The summed E-state index contributed by atoms with van der Waals surface area (Å²) < 4.78 is 31.9. The number of ether oxygens (including phenoxy) is 1. The molecule has 132 valence electrons. The second-order valence-corrected chi connectivity index (χ2v) is 7.27. The molecule has 0 spiro atoms. The molecule has 2 aliphatic rings. The van der Waals surface area contributed by atoms with Gasteiger partial charge in [-0.15, -0.1) is 0 Å². The first kappa shape index (κ1) is 18.6. The number of nitrogens with zero attached hydrogens (tertiary/aromatic N) is 2. The lowest BCUT2D eigenvalue weighted by atomic mass is 9.77. The van der Waals surface area contributed by atoms with Crippen molar-refractivity contribution in [1.82, 2.24) is 10.2 Å². The number of hydrogen-bond donors (Lipinski definition) is 1. The Morgan fingerprint density at radius 1 is 1.30 bits per heavy atom. The van der Waals surface area contributed by atoms with Crippen LogP contribution in [0.15, 0.2) is 0 Å². The van der Waals surface area contributed by atoms with E-state index in [4.69, 9.17) is 4.74 Å². The van der Waals surface area contributed by atoms with Gasteiger partial charge in [0.05, 0.1) is 30.7 Å². The van der Waals surface area contributed by atoms with Gasteiger partial charge in [0, 0.05) is 19.1 Å². The summed E-state index contributed by atoms with van der Waals surface area (Å²) >= 11 is 0. The Hall–Kier alpha value is -0.770. The minimum Gasteiger partial charge on any atom is -0.379 e. The van der Waals surface area contributed by atoms with E-state index < -0.39 is 12.5 Å². The van der Waals surface area contributed by atoms with Crippen molar-refractivity contribution in [3.8, 4) is 6.07 Å². The Balaban J connectivity index is 1.83. The zero-order valence-corrected chi connectivity index (χ0v) is 14.2. The molecule has 0 aromatic rings. The summed E-state index contributed by atoms with van der Waals surface area (Å²) in [4.78, 5) is 1.85. The van der Waals surface area contributed by atoms with Gasteiger partial charge < -0.3 is 10.1 Å². The first-order valence-electron chi connectivity index (χ1n) is 8.70. The lowest BCUT2D eigenvalue weighted by Gasteiger charge is -2.35. The minimum atomic E-state index is -2.33. The average Bonchev–Trinajstić information content (AvgIpc) is 3.01. The molecule has 6 heteroatoms. The van der Waals surface area contributed by atoms with Crippen LogP contribution in [-0.4, -0.2) is 56.3 Å². The highest BCUT2D eigenvalue weighted by Gasteiger charge is 2.39. The molecule has 1 heterocycles. The number of nitriles is 1. The third-order valence-electron chi connectivity index (χ3n) is 5.38. The standard InChI is InChI=1S/C17H29F2N3O/c1-17(2,12-20)13-4-3-5-14(13)21-7-6-15(16(18)19)22-8-10-23-11-9-22/h13-16,21H,3-11H2,1-2H3. The minimum absolute atomic E-state index is 0.271. The Morgan fingerprint density at radius 2 is 2.00 bits per heavy atom. The van der Waals surface area contributed by atoms with Crippen LogP contribution in [0.5, 0.6) is 0 Å². The number of rotatable bonds is 7. The molecule has 2 rings (SSSR count). The molecule has 0 radical (unpaired) electrons. The Labute approximate surface area is 138 Å². The lowest BCUT2D eigenvalue weighted by Crippen LogP contribution is -2.49. The van der Waals surface area contributed by atoms with Gasteiger partial charge in [-0.25, -0.2) is 8.78 Å². The Morgan fingerprint density at radius 3 is 2.61 bits per heavy atom. The first-order chi connectivity index (χ1) is 11.0. The molecule has 1 N–H and O–H groups in total. The van der Waals surface area contributed by atoms with Crippen molar-refractivity contribution in [3.05, 3.63) is 0 Å². The number of halogens is 2. The first-order valence-corrected chi connectivity index (χ1v) is 8.70. The second-order valence-electron chi connectivity index (χ2n) is 7.27. The van der Waals surface area contributed by atoms with Gasteiger partial charge in [-0.05, 0) is 45.6 Å². The van der Waals surface area contributed by atoms with E-state index in [-0.39, 0.29) is 11.5 Å². The molecule has 3 atom stereocenters. The average molecular weight is 329 g/mol. The van der Waals surface area contributed by atoms with Crippen LogP contribution >= 0.6 is 0 Å². The fraction of sp³-hybridized carbons (Fsp3) is 0.941. The summed E-state index contributed by atoms with van der Waals surface area (Å²) in [6, 6.07) is 1.97. The van der Waals surface area contributed by atoms with E-state index in [1.165, 1.54) is 0 Å². The molecule has 2 fully saturated rings.